The number of halogens is 4. The molecule has 13 heteroatoms. The van der Waals surface area contributed by atoms with Gasteiger partial charge in [-0.2, -0.15) is 13.2 Å². The number of aryl methyl sites for hydroxylation is 1. The van der Waals surface area contributed by atoms with Crippen molar-refractivity contribution in [3.63, 3.8) is 0 Å². The summed E-state index contributed by atoms with van der Waals surface area (Å²) in [6, 6.07) is 8.52. The molecule has 6 rings (SSSR count). The quantitative estimate of drug-likeness (QED) is 0.212. The van der Waals surface area contributed by atoms with Crippen LogP contribution in [0.25, 0.3) is 33.8 Å². The first-order valence-corrected chi connectivity index (χ1v) is 14.1. The lowest BCUT2D eigenvalue weighted by atomic mass is 10.1. The number of fused-ring (bicyclic) bond motifs is 1. The Labute approximate surface area is 247 Å². The summed E-state index contributed by atoms with van der Waals surface area (Å²) in [6.07, 6.45) is 1.53. The fourth-order valence-corrected chi connectivity index (χ4v) is 5.08. The molecule has 1 fully saturated rings. The molecule has 0 atom stereocenters. The second-order valence-electron chi connectivity index (χ2n) is 9.53. The molecular formula is C29H27BrF3N7O2. The maximum absolute atomic E-state index is 13.3. The number of nitrogens with zero attached hydrogens (tertiary/aromatic N) is 7. The number of benzene rings is 1. The highest BCUT2D eigenvalue weighted by atomic mass is 79.9. The molecule has 4 heterocycles. The summed E-state index contributed by atoms with van der Waals surface area (Å²) in [5, 5.41) is 0.642. The minimum absolute atomic E-state index is 0.164. The molecule has 218 valence electrons. The first-order chi connectivity index (χ1) is 20.1. The predicted octanol–water partition coefficient (Wildman–Crippen LogP) is 6.39. The third-order valence-corrected chi connectivity index (χ3v) is 7.29. The number of rotatable bonds is 6. The van der Waals surface area contributed by atoms with Gasteiger partial charge in [-0.05, 0) is 40.4 Å². The van der Waals surface area contributed by atoms with Gasteiger partial charge in [0.1, 0.15) is 23.4 Å². The van der Waals surface area contributed by atoms with Crippen LogP contribution in [-0.2, 0) is 19.8 Å². The van der Waals surface area contributed by atoms with Gasteiger partial charge in [0.05, 0.1) is 23.8 Å². The standard InChI is InChI=1S/C27H21BrF3N7O2.C2H6/c1-37-12-19(27(29,30)31)35-23(37)16-5-3-14(4-6-16)11-38-24-17(9-18(28)26(38)39)10-32-22(36-24)20-21(15-7-8-15)33-13-34-25(20)40-2;1-2/h3-6,9-10,12-13,15H,7-8,11H2,1-2H3;1-2H3. The number of hydrogen-bond acceptors (Lipinski definition) is 7. The Kier molecular flexibility index (Phi) is 8.13. The van der Waals surface area contributed by atoms with Crippen LogP contribution in [0, 0.1) is 0 Å². The van der Waals surface area contributed by atoms with Crippen molar-refractivity contribution in [1.82, 2.24) is 34.1 Å². The normalized spacial score (nSPS) is 13.1. The van der Waals surface area contributed by atoms with E-state index in [2.05, 4.69) is 35.9 Å². The maximum Gasteiger partial charge on any atom is 0.434 e. The Balaban J connectivity index is 0.00000173. The highest BCUT2D eigenvalue weighted by Gasteiger charge is 2.34. The lowest BCUT2D eigenvalue weighted by Crippen LogP contribution is -2.22. The van der Waals surface area contributed by atoms with Crippen molar-refractivity contribution in [1.29, 1.82) is 0 Å². The molecule has 0 N–H and O–H groups in total. The van der Waals surface area contributed by atoms with Gasteiger partial charge in [-0.15, -0.1) is 0 Å². The molecule has 0 bridgehead atoms. The molecule has 4 aromatic heterocycles. The van der Waals surface area contributed by atoms with E-state index in [1.165, 1.54) is 29.6 Å². The van der Waals surface area contributed by atoms with Crippen LogP contribution >= 0.6 is 15.9 Å². The van der Waals surface area contributed by atoms with E-state index in [9.17, 15) is 18.0 Å². The van der Waals surface area contributed by atoms with Crippen LogP contribution in [0.1, 0.15) is 49.6 Å². The minimum atomic E-state index is -4.53. The van der Waals surface area contributed by atoms with Crippen molar-refractivity contribution in [2.24, 2.45) is 7.05 Å². The summed E-state index contributed by atoms with van der Waals surface area (Å²) in [6.45, 7) is 4.16. The zero-order chi connectivity index (χ0) is 30.2. The van der Waals surface area contributed by atoms with E-state index in [1.54, 1.807) is 36.5 Å². The van der Waals surface area contributed by atoms with Crippen LogP contribution in [0.3, 0.4) is 0 Å². The highest BCUT2D eigenvalue weighted by molar-refractivity contribution is 9.10. The third-order valence-electron chi connectivity index (χ3n) is 6.73. The van der Waals surface area contributed by atoms with Gasteiger partial charge < -0.3 is 9.30 Å². The van der Waals surface area contributed by atoms with Crippen LogP contribution in [-0.4, -0.2) is 41.2 Å². The van der Waals surface area contributed by atoms with Crippen molar-refractivity contribution in [2.75, 3.05) is 7.11 Å². The van der Waals surface area contributed by atoms with Gasteiger partial charge in [-0.3, -0.25) is 9.36 Å². The van der Waals surface area contributed by atoms with E-state index < -0.39 is 11.9 Å². The lowest BCUT2D eigenvalue weighted by molar-refractivity contribution is -0.140. The van der Waals surface area contributed by atoms with E-state index in [0.29, 0.717) is 38.3 Å². The van der Waals surface area contributed by atoms with Crippen LogP contribution in [0.5, 0.6) is 5.88 Å². The molecule has 0 saturated heterocycles. The molecule has 1 saturated carbocycles. The average Bonchev–Trinajstić information content (AvgIpc) is 3.76. The van der Waals surface area contributed by atoms with Gasteiger partial charge in [-0.1, -0.05) is 38.1 Å². The van der Waals surface area contributed by atoms with Crippen molar-refractivity contribution >= 4 is 27.0 Å². The molecule has 0 aliphatic heterocycles. The van der Waals surface area contributed by atoms with Gasteiger partial charge in [0.2, 0.25) is 5.88 Å². The largest absolute Gasteiger partial charge is 0.480 e. The van der Waals surface area contributed by atoms with Gasteiger partial charge in [0.25, 0.3) is 5.56 Å². The second kappa shape index (κ2) is 11.6. The predicted molar refractivity (Wildman–Crippen MR) is 155 cm³/mol. The summed E-state index contributed by atoms with van der Waals surface area (Å²) in [5.41, 5.74) is 1.84. The average molecular weight is 642 g/mol. The first-order valence-electron chi connectivity index (χ1n) is 13.3. The molecule has 5 aromatic rings. The third kappa shape index (κ3) is 5.65. The zero-order valence-electron chi connectivity index (χ0n) is 23.3. The number of imidazole rings is 1. The summed E-state index contributed by atoms with van der Waals surface area (Å²) in [5.74, 6) is 1.18. The Bertz CT molecular complexity index is 1810. The topological polar surface area (TPSA) is 101 Å². The zero-order valence-corrected chi connectivity index (χ0v) is 24.9. The maximum atomic E-state index is 13.3. The first kappa shape index (κ1) is 29.4. The van der Waals surface area contributed by atoms with Gasteiger partial charge in [-0.25, -0.2) is 24.9 Å². The monoisotopic (exact) mass is 641 g/mol. The Hall–Kier alpha value is -4.13. The number of aromatic nitrogens is 7. The molecular weight excluding hydrogens is 615 g/mol. The summed E-state index contributed by atoms with van der Waals surface area (Å²) in [7, 11) is 3.03. The number of ether oxygens (including phenoxy) is 1. The molecule has 0 radical (unpaired) electrons. The smallest absolute Gasteiger partial charge is 0.434 e. The molecule has 1 aliphatic rings. The molecule has 1 aliphatic carbocycles. The number of methoxy groups -OCH3 is 1. The molecule has 0 spiro atoms. The van der Waals surface area contributed by atoms with E-state index >= 15 is 0 Å². The molecule has 42 heavy (non-hydrogen) atoms. The van der Waals surface area contributed by atoms with E-state index in [4.69, 9.17) is 9.72 Å². The lowest BCUT2D eigenvalue weighted by Gasteiger charge is -2.14. The second-order valence-corrected chi connectivity index (χ2v) is 10.4. The summed E-state index contributed by atoms with van der Waals surface area (Å²) in [4.78, 5) is 35.0. The van der Waals surface area contributed by atoms with Crippen molar-refractivity contribution in [2.45, 2.75) is 45.3 Å². The summed E-state index contributed by atoms with van der Waals surface area (Å²) >= 11 is 3.34. The Morgan fingerprint density at radius 1 is 1.07 bits per heavy atom. The van der Waals surface area contributed by atoms with E-state index in [1.807, 2.05) is 13.8 Å². The Morgan fingerprint density at radius 3 is 2.40 bits per heavy atom. The van der Waals surface area contributed by atoms with E-state index in [0.717, 1.165) is 30.3 Å². The minimum Gasteiger partial charge on any atom is -0.480 e. The van der Waals surface area contributed by atoms with Crippen molar-refractivity contribution in [3.8, 4) is 28.7 Å². The molecule has 9 nitrogen and oxygen atoms in total. The van der Waals surface area contributed by atoms with Crippen LogP contribution in [0.2, 0.25) is 0 Å². The highest BCUT2D eigenvalue weighted by Crippen LogP contribution is 2.44. The van der Waals surface area contributed by atoms with Gasteiger partial charge in [0, 0.05) is 36.3 Å². The van der Waals surface area contributed by atoms with E-state index in [-0.39, 0.29) is 23.8 Å². The Morgan fingerprint density at radius 2 is 1.79 bits per heavy atom. The van der Waals surface area contributed by atoms with Crippen molar-refractivity contribution < 1.29 is 17.9 Å². The SMILES string of the molecule is CC.COc1ncnc(C2CC2)c1-c1ncc2cc(Br)c(=O)n(Cc3ccc(-c4nc(C(F)(F)F)cn4C)cc3)c2n1. The molecule has 0 amide bonds. The fraction of sp³-hybridized carbons (Fsp3) is 0.310. The van der Waals surface area contributed by atoms with Crippen LogP contribution in [0.15, 0.2) is 58.3 Å². The van der Waals surface area contributed by atoms with Crippen molar-refractivity contribution in [3.05, 3.63) is 80.8 Å². The summed E-state index contributed by atoms with van der Waals surface area (Å²) < 4.78 is 48.0. The number of hydrogen-bond donors (Lipinski definition) is 0. The van der Waals surface area contributed by atoms with Gasteiger partial charge in [0.15, 0.2) is 11.5 Å². The van der Waals surface area contributed by atoms with Crippen LogP contribution < -0.4 is 10.3 Å². The van der Waals surface area contributed by atoms with Gasteiger partial charge >= 0.3 is 6.18 Å². The number of alkyl halides is 3. The fourth-order valence-electron chi connectivity index (χ4n) is 4.62. The molecule has 0 unspecified atom stereocenters. The van der Waals surface area contributed by atoms with Crippen LogP contribution in [0.4, 0.5) is 13.2 Å². The number of pyridine rings is 1. The molecule has 1 aromatic carbocycles.